The highest BCUT2D eigenvalue weighted by Crippen LogP contribution is 2.31. The van der Waals surface area contributed by atoms with E-state index in [4.69, 9.17) is 4.74 Å². The van der Waals surface area contributed by atoms with Crippen LogP contribution in [0.4, 0.5) is 0 Å². The molecule has 0 aromatic carbocycles. The number of nitrogens with one attached hydrogen (secondary N) is 1. The van der Waals surface area contributed by atoms with Crippen molar-refractivity contribution in [3.8, 4) is 0 Å². The maximum atomic E-state index is 12.3. The lowest BCUT2D eigenvalue weighted by atomic mass is 9.81. The lowest BCUT2D eigenvalue weighted by Crippen LogP contribution is -2.53. The van der Waals surface area contributed by atoms with Gasteiger partial charge in [0.15, 0.2) is 0 Å². The van der Waals surface area contributed by atoms with Crippen molar-refractivity contribution in [2.45, 2.75) is 45.1 Å². The molecule has 2 amide bonds. The second kappa shape index (κ2) is 5.90. The SMILES string of the molecule is COCC1(C)CCN(C(=O)[C@H]2CCCC(=O)N2)CC1. The number of nitrogens with zero attached hydrogens (tertiary/aromatic N) is 1. The van der Waals surface area contributed by atoms with Gasteiger partial charge in [0.2, 0.25) is 11.8 Å². The summed E-state index contributed by atoms with van der Waals surface area (Å²) in [5.41, 5.74) is 0.182. The standard InChI is InChI=1S/C14H24N2O3/c1-14(10-19-2)6-8-16(9-7-14)13(18)11-4-3-5-12(17)15-11/h11H,3-10H2,1-2H3,(H,15,17)/t11-/m1/s1. The fourth-order valence-electron chi connectivity index (χ4n) is 2.97. The highest BCUT2D eigenvalue weighted by molar-refractivity contribution is 5.88. The minimum absolute atomic E-state index is 0.00540. The normalized spacial score (nSPS) is 26.9. The zero-order valence-corrected chi connectivity index (χ0v) is 11.9. The van der Waals surface area contributed by atoms with Crippen molar-refractivity contribution >= 4 is 11.8 Å². The van der Waals surface area contributed by atoms with E-state index in [1.807, 2.05) is 4.90 Å². The molecule has 0 unspecified atom stereocenters. The van der Waals surface area contributed by atoms with E-state index in [2.05, 4.69) is 12.2 Å². The first-order valence-corrected chi connectivity index (χ1v) is 7.11. The van der Waals surface area contributed by atoms with E-state index < -0.39 is 0 Å². The fourth-order valence-corrected chi connectivity index (χ4v) is 2.97. The van der Waals surface area contributed by atoms with Crippen LogP contribution in [0.5, 0.6) is 0 Å². The van der Waals surface area contributed by atoms with Gasteiger partial charge in [-0.3, -0.25) is 9.59 Å². The van der Waals surface area contributed by atoms with Gasteiger partial charge in [0.25, 0.3) is 0 Å². The molecule has 5 heteroatoms. The third-order valence-electron chi connectivity index (χ3n) is 4.30. The average molecular weight is 268 g/mol. The molecule has 5 nitrogen and oxygen atoms in total. The maximum Gasteiger partial charge on any atom is 0.245 e. The molecular weight excluding hydrogens is 244 g/mol. The molecule has 1 N–H and O–H groups in total. The van der Waals surface area contributed by atoms with Crippen molar-refractivity contribution in [1.29, 1.82) is 0 Å². The van der Waals surface area contributed by atoms with Crippen molar-refractivity contribution in [2.24, 2.45) is 5.41 Å². The summed E-state index contributed by atoms with van der Waals surface area (Å²) >= 11 is 0. The summed E-state index contributed by atoms with van der Waals surface area (Å²) in [5.74, 6) is 0.0957. The number of likely N-dealkylation sites (tertiary alicyclic amines) is 1. The van der Waals surface area contributed by atoms with Crippen LogP contribution in [0.2, 0.25) is 0 Å². The molecule has 0 radical (unpaired) electrons. The average Bonchev–Trinajstić information content (AvgIpc) is 2.39. The molecular formula is C14H24N2O3. The molecule has 2 aliphatic rings. The topological polar surface area (TPSA) is 58.6 Å². The number of piperidine rings is 2. The van der Waals surface area contributed by atoms with E-state index in [0.717, 1.165) is 45.4 Å². The summed E-state index contributed by atoms with van der Waals surface area (Å²) in [6, 6.07) is -0.298. The Bertz CT molecular complexity index is 349. The van der Waals surface area contributed by atoms with Crippen molar-refractivity contribution in [1.82, 2.24) is 10.2 Å². The van der Waals surface area contributed by atoms with E-state index in [0.29, 0.717) is 6.42 Å². The molecule has 2 heterocycles. The molecule has 2 fully saturated rings. The van der Waals surface area contributed by atoms with Gasteiger partial charge < -0.3 is 15.0 Å². The van der Waals surface area contributed by atoms with Gasteiger partial charge in [0.1, 0.15) is 6.04 Å². The van der Waals surface area contributed by atoms with Crippen LogP contribution in [0.3, 0.4) is 0 Å². The second-order valence-corrected chi connectivity index (χ2v) is 6.08. The predicted molar refractivity (Wildman–Crippen MR) is 71.6 cm³/mol. The monoisotopic (exact) mass is 268 g/mol. The molecule has 0 aromatic heterocycles. The molecule has 19 heavy (non-hydrogen) atoms. The van der Waals surface area contributed by atoms with Crippen molar-refractivity contribution < 1.29 is 14.3 Å². The summed E-state index contributed by atoms with van der Waals surface area (Å²) in [4.78, 5) is 25.6. The van der Waals surface area contributed by atoms with Gasteiger partial charge in [-0.25, -0.2) is 0 Å². The van der Waals surface area contributed by atoms with Crippen LogP contribution < -0.4 is 5.32 Å². The Hall–Kier alpha value is -1.10. The third-order valence-corrected chi connectivity index (χ3v) is 4.30. The summed E-state index contributed by atoms with van der Waals surface area (Å²) in [6.07, 6.45) is 4.07. The first-order chi connectivity index (χ1) is 9.04. The molecule has 0 spiro atoms. The Kier molecular flexibility index (Phi) is 4.45. The lowest BCUT2D eigenvalue weighted by molar-refractivity contribution is -0.140. The number of hydrogen-bond acceptors (Lipinski definition) is 3. The third kappa shape index (κ3) is 3.47. The van der Waals surface area contributed by atoms with Gasteiger partial charge in [-0.1, -0.05) is 6.92 Å². The van der Waals surface area contributed by atoms with E-state index >= 15 is 0 Å². The Morgan fingerprint density at radius 3 is 2.74 bits per heavy atom. The molecule has 2 aliphatic heterocycles. The highest BCUT2D eigenvalue weighted by Gasteiger charge is 2.35. The molecule has 1 atom stereocenters. The number of rotatable bonds is 3. The number of carbonyl (C=O) groups is 2. The second-order valence-electron chi connectivity index (χ2n) is 6.08. The molecule has 0 aromatic rings. The van der Waals surface area contributed by atoms with Gasteiger partial charge in [-0.05, 0) is 31.1 Å². The number of ether oxygens (including phenoxy) is 1. The number of hydrogen-bond donors (Lipinski definition) is 1. The number of carbonyl (C=O) groups excluding carboxylic acids is 2. The first-order valence-electron chi connectivity index (χ1n) is 7.11. The van der Waals surface area contributed by atoms with Crippen LogP contribution in [-0.2, 0) is 14.3 Å². The summed E-state index contributed by atoms with van der Waals surface area (Å²) in [5, 5.41) is 2.80. The van der Waals surface area contributed by atoms with Crippen LogP contribution in [0, 0.1) is 5.41 Å². The van der Waals surface area contributed by atoms with E-state index in [-0.39, 0.29) is 23.3 Å². The molecule has 108 valence electrons. The van der Waals surface area contributed by atoms with Gasteiger partial charge in [0, 0.05) is 26.6 Å². The molecule has 0 bridgehead atoms. The maximum absolute atomic E-state index is 12.3. The van der Waals surface area contributed by atoms with Crippen LogP contribution >= 0.6 is 0 Å². The minimum Gasteiger partial charge on any atom is -0.384 e. The van der Waals surface area contributed by atoms with Crippen molar-refractivity contribution in [3.05, 3.63) is 0 Å². The summed E-state index contributed by atoms with van der Waals surface area (Å²) in [7, 11) is 1.72. The van der Waals surface area contributed by atoms with Crippen LogP contribution in [-0.4, -0.2) is 49.6 Å². The predicted octanol–water partition coefficient (Wildman–Crippen LogP) is 0.930. The zero-order chi connectivity index (χ0) is 13.9. The molecule has 2 saturated heterocycles. The Balaban J connectivity index is 1.87. The summed E-state index contributed by atoms with van der Waals surface area (Å²) in [6.45, 7) is 4.49. The first kappa shape index (κ1) is 14.3. The zero-order valence-electron chi connectivity index (χ0n) is 11.9. The fraction of sp³-hybridized carbons (Fsp3) is 0.857. The molecule has 0 aliphatic carbocycles. The Morgan fingerprint density at radius 1 is 1.47 bits per heavy atom. The van der Waals surface area contributed by atoms with E-state index in [1.165, 1.54) is 0 Å². The quantitative estimate of drug-likeness (QED) is 0.828. The van der Waals surface area contributed by atoms with Gasteiger partial charge in [-0.15, -0.1) is 0 Å². The van der Waals surface area contributed by atoms with Gasteiger partial charge >= 0.3 is 0 Å². The van der Waals surface area contributed by atoms with Crippen LogP contribution in [0.1, 0.15) is 39.0 Å². The molecule has 2 rings (SSSR count). The van der Waals surface area contributed by atoms with Crippen molar-refractivity contribution in [3.63, 3.8) is 0 Å². The van der Waals surface area contributed by atoms with Crippen LogP contribution in [0.25, 0.3) is 0 Å². The van der Waals surface area contributed by atoms with Crippen molar-refractivity contribution in [2.75, 3.05) is 26.8 Å². The highest BCUT2D eigenvalue weighted by atomic mass is 16.5. The Morgan fingerprint density at radius 2 is 2.16 bits per heavy atom. The van der Waals surface area contributed by atoms with Crippen LogP contribution in [0.15, 0.2) is 0 Å². The van der Waals surface area contributed by atoms with E-state index in [1.54, 1.807) is 7.11 Å². The number of amides is 2. The van der Waals surface area contributed by atoms with E-state index in [9.17, 15) is 9.59 Å². The Labute approximate surface area is 114 Å². The minimum atomic E-state index is -0.298. The van der Waals surface area contributed by atoms with Gasteiger partial charge in [0.05, 0.1) is 6.61 Å². The van der Waals surface area contributed by atoms with Gasteiger partial charge in [-0.2, -0.15) is 0 Å². The summed E-state index contributed by atoms with van der Waals surface area (Å²) < 4.78 is 5.25. The smallest absolute Gasteiger partial charge is 0.245 e. The number of methoxy groups -OCH3 is 1. The molecule has 0 saturated carbocycles. The largest absolute Gasteiger partial charge is 0.384 e. The lowest BCUT2D eigenvalue weighted by Gasteiger charge is -2.40.